The number of benzene rings is 4. The number of hydrogen-bond acceptors (Lipinski definition) is 7. The number of aliphatic hydroxyl groups is 3. The SMILES string of the molecule is CC(C)NCC(O)COc1cccc2ccccc12.CC(C)n1c(/C=C/[C@H](O)C[C@H](O)CC(=O)[O-])c(-c2ccc(F)cc2)c2ccccc21.Cl.[Na+]. The second-order valence-corrected chi connectivity index (χ2v) is 12.6. The van der Waals surface area contributed by atoms with Crippen molar-refractivity contribution in [2.45, 2.75) is 70.9 Å². The van der Waals surface area contributed by atoms with E-state index in [0.29, 0.717) is 19.2 Å². The molecule has 51 heavy (non-hydrogen) atoms. The molecule has 1 aromatic heterocycles. The third-order valence-electron chi connectivity index (χ3n) is 7.93. The molecule has 3 atom stereocenters. The van der Waals surface area contributed by atoms with Gasteiger partial charge >= 0.3 is 29.6 Å². The van der Waals surface area contributed by atoms with Crippen LogP contribution in [0.4, 0.5) is 4.39 Å². The van der Waals surface area contributed by atoms with Crippen LogP contribution in [-0.2, 0) is 4.79 Å². The van der Waals surface area contributed by atoms with Crippen molar-refractivity contribution in [3.63, 3.8) is 0 Å². The first kappa shape index (κ1) is 43.9. The van der Waals surface area contributed by atoms with Gasteiger partial charge in [0, 0.05) is 65.0 Å². The summed E-state index contributed by atoms with van der Waals surface area (Å²) in [4.78, 5) is 10.6. The van der Waals surface area contributed by atoms with E-state index in [-0.39, 0.29) is 60.2 Å². The second-order valence-electron chi connectivity index (χ2n) is 12.6. The number of nitrogens with zero attached hydrogens (tertiary/aromatic N) is 1. The number of halogens is 2. The quantitative estimate of drug-likeness (QED) is 0.129. The number of carboxylic acid groups (broad SMARTS) is 1. The van der Waals surface area contributed by atoms with Crippen LogP contribution in [0.2, 0.25) is 0 Å². The van der Waals surface area contributed by atoms with Crippen LogP contribution in [0, 0.1) is 5.82 Å². The molecule has 0 aliphatic rings. The predicted molar refractivity (Wildman–Crippen MR) is 199 cm³/mol. The average molecular weight is 729 g/mol. The molecule has 0 spiro atoms. The van der Waals surface area contributed by atoms with E-state index in [9.17, 15) is 29.6 Å². The molecule has 8 nitrogen and oxygen atoms in total. The fourth-order valence-electron chi connectivity index (χ4n) is 5.70. The molecule has 0 radical (unpaired) electrons. The van der Waals surface area contributed by atoms with Gasteiger partial charge in [-0.2, -0.15) is 0 Å². The number of para-hydroxylation sites is 1. The van der Waals surface area contributed by atoms with Crippen LogP contribution in [0.25, 0.3) is 38.9 Å². The van der Waals surface area contributed by atoms with E-state index in [1.165, 1.54) is 12.1 Å². The number of carbonyl (C=O) groups excluding carboxylic acids is 1. The Balaban J connectivity index is 0.000000372. The van der Waals surface area contributed by atoms with Gasteiger partial charge in [0.25, 0.3) is 0 Å². The summed E-state index contributed by atoms with van der Waals surface area (Å²) >= 11 is 0. The molecule has 4 N–H and O–H groups in total. The summed E-state index contributed by atoms with van der Waals surface area (Å²) in [6.45, 7) is 9.06. The van der Waals surface area contributed by atoms with Crippen LogP contribution in [0.1, 0.15) is 52.3 Å². The number of aliphatic hydroxyl groups excluding tert-OH is 3. The van der Waals surface area contributed by atoms with Crippen LogP contribution in [0.3, 0.4) is 0 Å². The maximum Gasteiger partial charge on any atom is 1.00 e. The molecular formula is C40H47ClFN2NaO6. The van der Waals surface area contributed by atoms with E-state index >= 15 is 0 Å². The van der Waals surface area contributed by atoms with Crippen molar-refractivity contribution < 1.29 is 63.9 Å². The van der Waals surface area contributed by atoms with Gasteiger partial charge in [-0.25, -0.2) is 4.39 Å². The number of aromatic nitrogens is 1. The van der Waals surface area contributed by atoms with Crippen LogP contribution in [0.15, 0.2) is 97.1 Å². The Morgan fingerprint density at radius 3 is 2.16 bits per heavy atom. The van der Waals surface area contributed by atoms with Gasteiger partial charge in [0.1, 0.15) is 24.3 Å². The van der Waals surface area contributed by atoms with Crippen LogP contribution in [0.5, 0.6) is 5.75 Å². The molecular weight excluding hydrogens is 682 g/mol. The standard InChI is InChI=1S/C24H26FNO4.C16H21NO2.ClH.Na/c1-15(2)26-21-6-4-3-5-20(21)24(16-7-9-17(25)10-8-16)22(26)12-11-18(27)13-19(28)14-23(29)30;1-12(2)17-10-14(18)11-19-16-9-5-7-13-6-3-4-8-15(13)16;;/h3-12,15,18-19,27-28H,13-14H2,1-2H3,(H,29,30);3-9,12,14,17-18H,10-11H2,1-2H3;1H;/q;;;+1/p-1/b12-11+;;;/t18-,19-;;;/m0.../s1. The maximum atomic E-state index is 13.5. The summed E-state index contributed by atoms with van der Waals surface area (Å²) in [5.74, 6) is -0.861. The van der Waals surface area contributed by atoms with Crippen molar-refractivity contribution in [1.82, 2.24) is 9.88 Å². The molecule has 5 rings (SSSR count). The Bertz CT molecular complexity index is 1840. The topological polar surface area (TPSA) is 127 Å². The number of ether oxygens (including phenoxy) is 1. The van der Waals surface area contributed by atoms with Crippen LogP contribution < -0.4 is 44.7 Å². The number of hydrogen-bond donors (Lipinski definition) is 4. The van der Waals surface area contributed by atoms with Gasteiger partial charge in [0.2, 0.25) is 0 Å². The fraction of sp³-hybridized carbons (Fsp3) is 0.325. The Labute approximate surface area is 327 Å². The summed E-state index contributed by atoms with van der Waals surface area (Å²) in [6.07, 6.45) is -0.0492. The van der Waals surface area contributed by atoms with Gasteiger partial charge in [-0.05, 0) is 55.1 Å². The molecule has 0 aliphatic carbocycles. The molecule has 268 valence electrons. The van der Waals surface area contributed by atoms with Crippen molar-refractivity contribution in [3.8, 4) is 16.9 Å². The Morgan fingerprint density at radius 2 is 1.51 bits per heavy atom. The molecule has 1 unspecified atom stereocenters. The molecule has 0 aliphatic heterocycles. The van der Waals surface area contributed by atoms with E-state index in [4.69, 9.17) is 4.74 Å². The van der Waals surface area contributed by atoms with E-state index in [2.05, 4.69) is 49.7 Å². The summed E-state index contributed by atoms with van der Waals surface area (Å²) in [5.41, 5.74) is 3.61. The van der Waals surface area contributed by atoms with Crippen molar-refractivity contribution in [1.29, 1.82) is 0 Å². The van der Waals surface area contributed by atoms with Gasteiger partial charge in [-0.3, -0.25) is 0 Å². The number of nitrogens with one attached hydrogen (secondary N) is 1. The molecule has 0 saturated heterocycles. The van der Waals surface area contributed by atoms with Crippen molar-refractivity contribution >= 4 is 46.1 Å². The van der Waals surface area contributed by atoms with Gasteiger partial charge < -0.3 is 39.8 Å². The van der Waals surface area contributed by atoms with Crippen LogP contribution >= 0.6 is 12.4 Å². The predicted octanol–water partition coefficient (Wildman–Crippen LogP) is 3.30. The zero-order valence-electron chi connectivity index (χ0n) is 29.8. The normalized spacial score (nSPS) is 13.0. The number of aliphatic carboxylic acids is 1. The van der Waals surface area contributed by atoms with E-state index in [1.54, 1.807) is 24.3 Å². The third-order valence-corrected chi connectivity index (χ3v) is 7.93. The van der Waals surface area contributed by atoms with Gasteiger partial charge in [0.05, 0.1) is 12.2 Å². The number of rotatable bonds is 14. The second kappa shape index (κ2) is 21.3. The molecule has 5 aromatic rings. The van der Waals surface area contributed by atoms with E-state index < -0.39 is 30.7 Å². The summed E-state index contributed by atoms with van der Waals surface area (Å²) in [5, 5.41) is 46.9. The molecule has 4 aromatic carbocycles. The van der Waals surface area contributed by atoms with E-state index in [1.807, 2.05) is 54.6 Å². The van der Waals surface area contributed by atoms with Crippen LogP contribution in [-0.4, -0.2) is 63.4 Å². The molecule has 0 amide bonds. The minimum atomic E-state index is -1.36. The molecule has 11 heteroatoms. The number of carboxylic acids is 1. The Morgan fingerprint density at radius 1 is 0.882 bits per heavy atom. The third kappa shape index (κ3) is 12.7. The number of carbonyl (C=O) groups is 1. The first-order chi connectivity index (χ1) is 23.4. The molecule has 0 saturated carbocycles. The van der Waals surface area contributed by atoms with Crippen molar-refractivity contribution in [2.24, 2.45) is 0 Å². The van der Waals surface area contributed by atoms with Gasteiger partial charge in [-0.15, -0.1) is 12.4 Å². The Hall–Kier alpha value is -3.25. The Kier molecular flexibility index (Phi) is 18.4. The zero-order chi connectivity index (χ0) is 35.5. The molecule has 0 fully saturated rings. The van der Waals surface area contributed by atoms with E-state index in [0.717, 1.165) is 44.2 Å². The monoisotopic (exact) mass is 728 g/mol. The molecule has 1 heterocycles. The first-order valence-electron chi connectivity index (χ1n) is 16.6. The van der Waals surface area contributed by atoms with Gasteiger partial charge in [-0.1, -0.05) is 86.7 Å². The van der Waals surface area contributed by atoms with Gasteiger partial charge in [0.15, 0.2) is 0 Å². The number of fused-ring (bicyclic) bond motifs is 2. The smallest absolute Gasteiger partial charge is 0.550 e. The summed E-state index contributed by atoms with van der Waals surface area (Å²) in [7, 11) is 0. The first-order valence-corrected chi connectivity index (χ1v) is 16.6. The minimum Gasteiger partial charge on any atom is -0.550 e. The zero-order valence-corrected chi connectivity index (χ0v) is 32.6. The maximum absolute atomic E-state index is 13.5. The summed E-state index contributed by atoms with van der Waals surface area (Å²) in [6, 6.07) is 28.7. The molecule has 0 bridgehead atoms. The fourth-order valence-corrected chi connectivity index (χ4v) is 5.70. The van der Waals surface area contributed by atoms with Crippen molar-refractivity contribution in [2.75, 3.05) is 13.2 Å². The minimum absolute atomic E-state index is 0. The average Bonchev–Trinajstić information content (AvgIpc) is 3.40. The van der Waals surface area contributed by atoms with Crippen molar-refractivity contribution in [3.05, 3.63) is 109 Å². The largest absolute Gasteiger partial charge is 1.00 e. The summed E-state index contributed by atoms with van der Waals surface area (Å²) < 4.78 is 21.4.